The zero-order valence-electron chi connectivity index (χ0n) is 14.4. The third kappa shape index (κ3) is 4.21. The van der Waals surface area contributed by atoms with Crippen LogP contribution >= 0.6 is 11.6 Å². The molecule has 0 saturated heterocycles. The van der Waals surface area contributed by atoms with E-state index in [4.69, 9.17) is 11.6 Å². The van der Waals surface area contributed by atoms with E-state index in [0.717, 1.165) is 5.56 Å². The van der Waals surface area contributed by atoms with E-state index in [-0.39, 0.29) is 15.8 Å². The highest BCUT2D eigenvalue weighted by atomic mass is 35.5. The molecule has 0 heterocycles. The molecule has 0 spiro atoms. The molecule has 1 N–H and O–H groups in total. The predicted molar refractivity (Wildman–Crippen MR) is 101 cm³/mol. The van der Waals surface area contributed by atoms with Gasteiger partial charge in [0.05, 0.1) is 5.02 Å². The van der Waals surface area contributed by atoms with Crippen LogP contribution in [0.1, 0.15) is 29.8 Å². The lowest BCUT2D eigenvalue weighted by Gasteiger charge is -2.19. The minimum Gasteiger partial charge on any atom is -0.322 e. The summed E-state index contributed by atoms with van der Waals surface area (Å²) in [6.45, 7) is 6.05. The lowest BCUT2D eigenvalue weighted by atomic mass is 10.1. The number of rotatable bonds is 6. The van der Waals surface area contributed by atoms with Crippen LogP contribution in [-0.4, -0.2) is 31.7 Å². The second kappa shape index (κ2) is 7.99. The highest BCUT2D eigenvalue weighted by Crippen LogP contribution is 2.28. The number of carbonyl (C=O) groups is 1. The molecule has 0 aliphatic heterocycles. The molecule has 0 aliphatic rings. The fourth-order valence-electron chi connectivity index (χ4n) is 2.51. The lowest BCUT2D eigenvalue weighted by molar-refractivity contribution is 0.102. The number of nitrogens with zero attached hydrogens (tertiary/aromatic N) is 1. The summed E-state index contributed by atoms with van der Waals surface area (Å²) in [5.41, 5.74) is 1.75. The number of anilines is 1. The first-order valence-corrected chi connectivity index (χ1v) is 9.79. The van der Waals surface area contributed by atoms with E-state index in [2.05, 4.69) is 5.32 Å². The number of carbonyl (C=O) groups excluding carboxylic acids is 1. The third-order valence-electron chi connectivity index (χ3n) is 3.90. The van der Waals surface area contributed by atoms with Crippen LogP contribution in [0.5, 0.6) is 0 Å². The van der Waals surface area contributed by atoms with Crippen molar-refractivity contribution in [2.75, 3.05) is 18.4 Å². The maximum atomic E-state index is 12.7. The number of amides is 1. The molecule has 0 aromatic heterocycles. The highest BCUT2D eigenvalue weighted by molar-refractivity contribution is 7.89. The molecule has 2 aromatic carbocycles. The lowest BCUT2D eigenvalue weighted by Crippen LogP contribution is -2.30. The highest BCUT2D eigenvalue weighted by Gasteiger charge is 2.25. The van der Waals surface area contributed by atoms with Gasteiger partial charge in [-0.15, -0.1) is 0 Å². The summed E-state index contributed by atoms with van der Waals surface area (Å²) in [6.07, 6.45) is 0. The van der Waals surface area contributed by atoms with Gasteiger partial charge in [-0.1, -0.05) is 43.6 Å². The quantitative estimate of drug-likeness (QED) is 0.825. The predicted octanol–water partition coefficient (Wildman–Crippen LogP) is 3.93. The van der Waals surface area contributed by atoms with Gasteiger partial charge in [0, 0.05) is 24.3 Å². The van der Waals surface area contributed by atoms with Gasteiger partial charge in [-0.25, -0.2) is 8.42 Å². The van der Waals surface area contributed by atoms with Gasteiger partial charge < -0.3 is 5.32 Å². The van der Waals surface area contributed by atoms with E-state index < -0.39 is 10.0 Å². The Labute approximate surface area is 153 Å². The Kier molecular flexibility index (Phi) is 6.21. The van der Waals surface area contributed by atoms with E-state index in [1.165, 1.54) is 16.4 Å². The van der Waals surface area contributed by atoms with Crippen LogP contribution in [0.4, 0.5) is 5.69 Å². The molecule has 0 unspecified atom stereocenters. The summed E-state index contributed by atoms with van der Waals surface area (Å²) in [7, 11) is -3.71. The monoisotopic (exact) mass is 380 g/mol. The maximum Gasteiger partial charge on any atom is 0.255 e. The Morgan fingerprint density at radius 2 is 1.76 bits per heavy atom. The van der Waals surface area contributed by atoms with Gasteiger partial charge in [-0.05, 0) is 36.8 Å². The van der Waals surface area contributed by atoms with Gasteiger partial charge in [0.15, 0.2) is 0 Å². The summed E-state index contributed by atoms with van der Waals surface area (Å²) < 4.78 is 26.7. The summed E-state index contributed by atoms with van der Waals surface area (Å²) in [4.78, 5) is 12.4. The average molecular weight is 381 g/mol. The first kappa shape index (κ1) is 19.4. The summed E-state index contributed by atoms with van der Waals surface area (Å²) in [5.74, 6) is -0.299. The molecule has 134 valence electrons. The molecule has 2 rings (SSSR count). The van der Waals surface area contributed by atoms with Crippen LogP contribution in [0.3, 0.4) is 0 Å². The first-order chi connectivity index (χ1) is 11.8. The van der Waals surface area contributed by atoms with Crippen molar-refractivity contribution >= 4 is 33.2 Å². The largest absolute Gasteiger partial charge is 0.322 e. The number of nitrogens with one attached hydrogen (secondary N) is 1. The van der Waals surface area contributed by atoms with Crippen molar-refractivity contribution in [3.8, 4) is 0 Å². The Bertz CT molecular complexity index is 878. The molecule has 0 fully saturated rings. The zero-order chi connectivity index (χ0) is 18.6. The van der Waals surface area contributed by atoms with Gasteiger partial charge in [0.2, 0.25) is 10.0 Å². The van der Waals surface area contributed by atoms with Crippen molar-refractivity contribution in [1.82, 2.24) is 4.31 Å². The Hall–Kier alpha value is -1.89. The van der Waals surface area contributed by atoms with Crippen molar-refractivity contribution in [2.45, 2.75) is 25.7 Å². The fraction of sp³-hybridized carbons (Fsp3) is 0.278. The normalized spacial score (nSPS) is 11.6. The molecule has 2 aromatic rings. The van der Waals surface area contributed by atoms with Crippen LogP contribution in [0.15, 0.2) is 47.4 Å². The van der Waals surface area contributed by atoms with Gasteiger partial charge in [0.1, 0.15) is 4.90 Å². The number of aryl methyl sites for hydroxylation is 1. The molecule has 7 heteroatoms. The van der Waals surface area contributed by atoms with Gasteiger partial charge in [-0.3, -0.25) is 4.79 Å². The van der Waals surface area contributed by atoms with E-state index in [1.54, 1.807) is 32.0 Å². The number of benzene rings is 2. The van der Waals surface area contributed by atoms with E-state index in [9.17, 15) is 13.2 Å². The molecule has 5 nitrogen and oxygen atoms in total. The van der Waals surface area contributed by atoms with Crippen LogP contribution < -0.4 is 5.32 Å². The van der Waals surface area contributed by atoms with Gasteiger partial charge in [-0.2, -0.15) is 4.31 Å². The van der Waals surface area contributed by atoms with Crippen LogP contribution in [0.2, 0.25) is 5.02 Å². The summed E-state index contributed by atoms with van der Waals surface area (Å²) in [6, 6.07) is 11.6. The van der Waals surface area contributed by atoms with Crippen molar-refractivity contribution in [1.29, 1.82) is 0 Å². The van der Waals surface area contributed by atoms with Crippen LogP contribution in [0, 0.1) is 6.92 Å². The molecule has 25 heavy (non-hydrogen) atoms. The summed E-state index contributed by atoms with van der Waals surface area (Å²) in [5, 5.41) is 2.86. The maximum absolute atomic E-state index is 12.7. The minimum atomic E-state index is -3.71. The average Bonchev–Trinajstić information content (AvgIpc) is 2.57. The molecule has 0 aliphatic carbocycles. The number of halogens is 1. The second-order valence-corrected chi connectivity index (χ2v) is 7.82. The van der Waals surface area contributed by atoms with Gasteiger partial charge >= 0.3 is 0 Å². The SMILES string of the molecule is CCN(CC)S(=O)(=O)c1cc(NC(=O)c2ccccc2C)ccc1Cl. The Morgan fingerprint density at radius 3 is 2.36 bits per heavy atom. The standard InChI is InChI=1S/C18H21ClN2O3S/c1-4-21(5-2)25(23,24)17-12-14(10-11-16(17)19)20-18(22)15-9-7-6-8-13(15)3/h6-12H,4-5H2,1-3H3,(H,20,22). The fourth-order valence-corrected chi connectivity index (χ4v) is 4.47. The van der Waals surface area contributed by atoms with Crippen molar-refractivity contribution in [2.24, 2.45) is 0 Å². The number of hydrogen-bond donors (Lipinski definition) is 1. The number of hydrogen-bond acceptors (Lipinski definition) is 3. The third-order valence-corrected chi connectivity index (χ3v) is 6.43. The van der Waals surface area contributed by atoms with Gasteiger partial charge in [0.25, 0.3) is 5.91 Å². The van der Waals surface area contributed by atoms with E-state index >= 15 is 0 Å². The summed E-state index contributed by atoms with van der Waals surface area (Å²) >= 11 is 6.10. The molecule has 1 amide bonds. The number of sulfonamides is 1. The molecule has 0 atom stereocenters. The van der Waals surface area contributed by atoms with Crippen LogP contribution in [0.25, 0.3) is 0 Å². The molecular weight excluding hydrogens is 360 g/mol. The van der Waals surface area contributed by atoms with Crippen LogP contribution in [-0.2, 0) is 10.0 Å². The first-order valence-electron chi connectivity index (χ1n) is 7.98. The minimum absolute atomic E-state index is 0.0135. The van der Waals surface area contributed by atoms with E-state index in [0.29, 0.717) is 24.3 Å². The molecule has 0 bridgehead atoms. The topological polar surface area (TPSA) is 66.5 Å². The Morgan fingerprint density at radius 1 is 1.12 bits per heavy atom. The molecular formula is C18H21ClN2O3S. The van der Waals surface area contributed by atoms with Crippen molar-refractivity contribution in [3.05, 3.63) is 58.6 Å². The van der Waals surface area contributed by atoms with E-state index in [1.807, 2.05) is 19.1 Å². The molecule has 0 radical (unpaired) electrons. The zero-order valence-corrected chi connectivity index (χ0v) is 16.0. The van der Waals surface area contributed by atoms with Crippen molar-refractivity contribution in [3.63, 3.8) is 0 Å². The smallest absolute Gasteiger partial charge is 0.255 e. The Balaban J connectivity index is 2.37. The second-order valence-electron chi connectivity index (χ2n) is 5.50. The van der Waals surface area contributed by atoms with Crippen molar-refractivity contribution < 1.29 is 13.2 Å². The molecule has 0 saturated carbocycles.